The molecule has 2 rings (SSSR count). The Labute approximate surface area is 136 Å². The van der Waals surface area contributed by atoms with Gasteiger partial charge in [0.1, 0.15) is 16.7 Å². The Morgan fingerprint density at radius 1 is 1.52 bits per heavy atom. The van der Waals surface area contributed by atoms with Gasteiger partial charge in [0.05, 0.1) is 6.61 Å². The Morgan fingerprint density at radius 2 is 2.22 bits per heavy atom. The quantitative estimate of drug-likeness (QED) is 0.795. The molecule has 1 unspecified atom stereocenters. The van der Waals surface area contributed by atoms with Gasteiger partial charge in [0, 0.05) is 45.2 Å². The molecule has 0 saturated carbocycles. The lowest BCUT2D eigenvalue weighted by atomic mass is 10.2. The van der Waals surface area contributed by atoms with Crippen molar-refractivity contribution < 1.29 is 22.7 Å². The molecular weight excluding hydrogens is 333 g/mol. The average Bonchev–Trinajstić information content (AvgIpc) is 2.96. The van der Waals surface area contributed by atoms with Gasteiger partial charge in [-0.05, 0) is 0 Å². The lowest BCUT2D eigenvalue weighted by Gasteiger charge is -2.35. The first-order chi connectivity index (χ1) is 10.9. The smallest absolute Gasteiger partial charge is 0.378 e. The summed E-state index contributed by atoms with van der Waals surface area (Å²) in [6.07, 6.45) is -4.39. The molecule has 0 bridgehead atoms. The SMILES string of the molecule is COCc1nc(C(=O)NCC(N2CCNCC2)C(F)(F)F)cs1. The molecular formula is C13H19F3N4O2S. The summed E-state index contributed by atoms with van der Waals surface area (Å²) in [5, 5.41) is 7.47. The van der Waals surface area contributed by atoms with Crippen molar-refractivity contribution in [1.29, 1.82) is 0 Å². The summed E-state index contributed by atoms with van der Waals surface area (Å²) in [6.45, 7) is 1.40. The van der Waals surface area contributed by atoms with Crippen molar-refractivity contribution in [2.45, 2.75) is 18.8 Å². The van der Waals surface area contributed by atoms with Gasteiger partial charge in [-0.1, -0.05) is 0 Å². The largest absolute Gasteiger partial charge is 0.405 e. The number of piperazine rings is 1. The van der Waals surface area contributed by atoms with Crippen LogP contribution in [-0.2, 0) is 11.3 Å². The third-order valence-corrected chi connectivity index (χ3v) is 4.30. The number of methoxy groups -OCH3 is 1. The fraction of sp³-hybridized carbons (Fsp3) is 0.692. The zero-order valence-corrected chi connectivity index (χ0v) is 13.5. The molecule has 0 spiro atoms. The number of ether oxygens (including phenoxy) is 1. The van der Waals surface area contributed by atoms with Crippen LogP contribution >= 0.6 is 11.3 Å². The molecule has 2 N–H and O–H groups in total. The fourth-order valence-electron chi connectivity index (χ4n) is 2.33. The molecule has 1 aromatic heterocycles. The Bertz CT molecular complexity index is 518. The van der Waals surface area contributed by atoms with E-state index in [1.165, 1.54) is 28.7 Å². The van der Waals surface area contributed by atoms with E-state index in [0.29, 0.717) is 31.2 Å². The summed E-state index contributed by atoms with van der Waals surface area (Å²) in [4.78, 5) is 17.3. The highest BCUT2D eigenvalue weighted by molar-refractivity contribution is 7.09. The Balaban J connectivity index is 1.95. The van der Waals surface area contributed by atoms with Crippen molar-refractivity contribution >= 4 is 17.2 Å². The van der Waals surface area contributed by atoms with E-state index in [0.717, 1.165) is 0 Å². The van der Waals surface area contributed by atoms with E-state index < -0.39 is 24.7 Å². The monoisotopic (exact) mass is 352 g/mol. The van der Waals surface area contributed by atoms with Gasteiger partial charge < -0.3 is 15.4 Å². The molecule has 0 aliphatic carbocycles. The minimum atomic E-state index is -4.39. The number of hydrogen-bond donors (Lipinski definition) is 2. The third kappa shape index (κ3) is 5.13. The predicted molar refractivity (Wildman–Crippen MR) is 79.4 cm³/mol. The predicted octanol–water partition coefficient (Wildman–Crippen LogP) is 0.855. The molecule has 0 radical (unpaired) electrons. The molecule has 1 aromatic rings. The van der Waals surface area contributed by atoms with E-state index in [4.69, 9.17) is 4.74 Å². The highest BCUT2D eigenvalue weighted by Crippen LogP contribution is 2.25. The Hall–Kier alpha value is -1.23. The number of hydrogen-bond acceptors (Lipinski definition) is 6. The third-order valence-electron chi connectivity index (χ3n) is 3.48. The number of nitrogens with zero attached hydrogens (tertiary/aromatic N) is 2. The van der Waals surface area contributed by atoms with Crippen LogP contribution in [0.15, 0.2) is 5.38 Å². The lowest BCUT2D eigenvalue weighted by molar-refractivity contribution is -0.183. The summed E-state index contributed by atoms with van der Waals surface area (Å²) < 4.78 is 44.6. The van der Waals surface area contributed by atoms with Crippen LogP contribution in [0.3, 0.4) is 0 Å². The second-order valence-corrected chi connectivity index (χ2v) is 6.06. The number of rotatable bonds is 6. The van der Waals surface area contributed by atoms with E-state index in [-0.39, 0.29) is 12.3 Å². The van der Waals surface area contributed by atoms with E-state index in [1.807, 2.05) is 0 Å². The molecule has 1 aliphatic heterocycles. The molecule has 1 amide bonds. The first-order valence-electron chi connectivity index (χ1n) is 7.15. The van der Waals surface area contributed by atoms with Gasteiger partial charge in [0.2, 0.25) is 0 Å². The average molecular weight is 352 g/mol. The molecule has 1 saturated heterocycles. The summed E-state index contributed by atoms with van der Waals surface area (Å²) in [5.41, 5.74) is 0.114. The second kappa shape index (κ2) is 8.04. The molecule has 1 atom stereocenters. The molecule has 0 aromatic carbocycles. The number of halogens is 3. The van der Waals surface area contributed by atoms with Gasteiger partial charge in [0.25, 0.3) is 5.91 Å². The van der Waals surface area contributed by atoms with E-state index >= 15 is 0 Å². The second-order valence-electron chi connectivity index (χ2n) is 5.11. The van der Waals surface area contributed by atoms with Crippen molar-refractivity contribution in [3.05, 3.63) is 16.1 Å². The van der Waals surface area contributed by atoms with E-state index in [1.54, 1.807) is 0 Å². The van der Waals surface area contributed by atoms with Gasteiger partial charge in [-0.3, -0.25) is 9.69 Å². The molecule has 130 valence electrons. The summed E-state index contributed by atoms with van der Waals surface area (Å²) in [5.74, 6) is -0.604. The summed E-state index contributed by atoms with van der Waals surface area (Å²) >= 11 is 1.23. The van der Waals surface area contributed by atoms with E-state index in [2.05, 4.69) is 15.6 Å². The minimum Gasteiger partial charge on any atom is -0.378 e. The van der Waals surface area contributed by atoms with Crippen LogP contribution in [0, 0.1) is 0 Å². The van der Waals surface area contributed by atoms with Crippen molar-refractivity contribution in [3.8, 4) is 0 Å². The van der Waals surface area contributed by atoms with Gasteiger partial charge in [-0.2, -0.15) is 13.2 Å². The van der Waals surface area contributed by atoms with Crippen molar-refractivity contribution in [1.82, 2.24) is 20.5 Å². The van der Waals surface area contributed by atoms with Crippen LogP contribution in [0.25, 0.3) is 0 Å². The molecule has 23 heavy (non-hydrogen) atoms. The minimum absolute atomic E-state index is 0.114. The first kappa shape index (κ1) is 18.1. The van der Waals surface area contributed by atoms with Gasteiger partial charge in [-0.25, -0.2) is 4.98 Å². The number of carbonyl (C=O) groups excluding carboxylic acids is 1. The number of thiazole rings is 1. The van der Waals surface area contributed by atoms with Crippen molar-refractivity contribution in [3.63, 3.8) is 0 Å². The molecule has 10 heteroatoms. The van der Waals surface area contributed by atoms with Gasteiger partial charge >= 0.3 is 6.18 Å². The maximum Gasteiger partial charge on any atom is 0.405 e. The zero-order chi connectivity index (χ0) is 16.9. The Kier molecular flexibility index (Phi) is 6.33. The van der Waals surface area contributed by atoms with Gasteiger partial charge in [0.15, 0.2) is 0 Å². The molecule has 6 nitrogen and oxygen atoms in total. The number of amides is 1. The van der Waals surface area contributed by atoms with Crippen LogP contribution in [0.1, 0.15) is 15.5 Å². The molecule has 1 fully saturated rings. The highest BCUT2D eigenvalue weighted by atomic mass is 32.1. The zero-order valence-electron chi connectivity index (χ0n) is 12.7. The van der Waals surface area contributed by atoms with Crippen LogP contribution in [0.4, 0.5) is 13.2 Å². The van der Waals surface area contributed by atoms with Crippen LogP contribution in [0.5, 0.6) is 0 Å². The van der Waals surface area contributed by atoms with Crippen molar-refractivity contribution in [2.24, 2.45) is 0 Å². The van der Waals surface area contributed by atoms with Crippen LogP contribution in [0.2, 0.25) is 0 Å². The normalized spacial score (nSPS) is 17.9. The number of alkyl halides is 3. The van der Waals surface area contributed by atoms with Gasteiger partial charge in [-0.15, -0.1) is 11.3 Å². The first-order valence-corrected chi connectivity index (χ1v) is 8.03. The van der Waals surface area contributed by atoms with Crippen LogP contribution < -0.4 is 10.6 Å². The number of carbonyl (C=O) groups is 1. The lowest BCUT2D eigenvalue weighted by Crippen LogP contribution is -2.57. The fourth-order valence-corrected chi connectivity index (χ4v) is 3.07. The maximum atomic E-state index is 13.2. The maximum absolute atomic E-state index is 13.2. The topological polar surface area (TPSA) is 66.5 Å². The highest BCUT2D eigenvalue weighted by Gasteiger charge is 2.43. The van der Waals surface area contributed by atoms with Crippen molar-refractivity contribution in [2.75, 3.05) is 39.8 Å². The molecule has 1 aliphatic rings. The number of aromatic nitrogens is 1. The van der Waals surface area contributed by atoms with E-state index in [9.17, 15) is 18.0 Å². The molecule has 2 heterocycles. The summed E-state index contributed by atoms with van der Waals surface area (Å²) in [6, 6.07) is -1.69. The number of nitrogens with one attached hydrogen (secondary N) is 2. The van der Waals surface area contributed by atoms with Crippen LogP contribution in [-0.4, -0.2) is 67.8 Å². The standard InChI is InChI=1S/C13H19F3N4O2S/c1-22-7-11-19-9(8-23-11)12(21)18-6-10(13(14,15)16)20-4-2-17-3-5-20/h8,10,17H,2-7H2,1H3,(H,18,21). The summed E-state index contributed by atoms with van der Waals surface area (Å²) in [7, 11) is 1.50. The Morgan fingerprint density at radius 3 is 2.83 bits per heavy atom.